The van der Waals surface area contributed by atoms with E-state index in [-0.39, 0.29) is 5.91 Å². The van der Waals surface area contributed by atoms with Gasteiger partial charge in [0.2, 0.25) is 5.91 Å². The van der Waals surface area contributed by atoms with Gasteiger partial charge in [-0.1, -0.05) is 12.1 Å². The molecule has 0 aromatic heterocycles. The topological polar surface area (TPSA) is 35.6 Å². The van der Waals surface area contributed by atoms with Gasteiger partial charge in [0.05, 0.1) is 6.54 Å². The number of nitrogens with zero attached hydrogens (tertiary/aromatic N) is 2. The van der Waals surface area contributed by atoms with Gasteiger partial charge in [0.1, 0.15) is 0 Å². The summed E-state index contributed by atoms with van der Waals surface area (Å²) in [5, 5.41) is 3.06. The van der Waals surface area contributed by atoms with Crippen molar-refractivity contribution in [1.82, 2.24) is 9.80 Å². The van der Waals surface area contributed by atoms with Gasteiger partial charge in [-0.05, 0) is 80.9 Å². The minimum atomic E-state index is 0.115. The van der Waals surface area contributed by atoms with E-state index >= 15 is 0 Å². The Morgan fingerprint density at radius 3 is 2.26 bits per heavy atom. The third-order valence-electron chi connectivity index (χ3n) is 7.72. The van der Waals surface area contributed by atoms with Crippen molar-refractivity contribution in [2.45, 2.75) is 51.0 Å². The molecular formula is C23H33N3O. The molecule has 1 amide bonds. The van der Waals surface area contributed by atoms with Crippen LogP contribution < -0.4 is 5.32 Å². The van der Waals surface area contributed by atoms with E-state index in [4.69, 9.17) is 0 Å². The molecule has 1 aromatic carbocycles. The average Bonchev–Trinajstić information content (AvgIpc) is 2.61. The maximum atomic E-state index is 12.4. The second-order valence-corrected chi connectivity index (χ2v) is 9.82. The maximum Gasteiger partial charge on any atom is 0.238 e. The third-order valence-corrected chi connectivity index (χ3v) is 7.72. The molecule has 27 heavy (non-hydrogen) atoms. The van der Waals surface area contributed by atoms with E-state index < -0.39 is 0 Å². The SMILES string of the molecule is Cc1cccc(NC(=O)CN2CCN(C34CC5CC(CC(C5)C3)C4)CC2)c1. The number of benzene rings is 1. The summed E-state index contributed by atoms with van der Waals surface area (Å²) in [4.78, 5) is 17.6. The summed E-state index contributed by atoms with van der Waals surface area (Å²) in [5.74, 6) is 3.14. The fraction of sp³-hybridized carbons (Fsp3) is 0.696. The molecule has 1 heterocycles. The zero-order chi connectivity index (χ0) is 18.4. The van der Waals surface area contributed by atoms with E-state index in [1.165, 1.54) is 44.1 Å². The number of piperazine rings is 1. The third kappa shape index (κ3) is 3.54. The molecule has 5 fully saturated rings. The van der Waals surface area contributed by atoms with Crippen LogP contribution in [0.25, 0.3) is 0 Å². The van der Waals surface area contributed by atoms with Gasteiger partial charge in [-0.3, -0.25) is 14.6 Å². The fourth-order valence-corrected chi connectivity index (χ4v) is 6.96. The van der Waals surface area contributed by atoms with Gasteiger partial charge in [-0.15, -0.1) is 0 Å². The minimum absolute atomic E-state index is 0.115. The van der Waals surface area contributed by atoms with Gasteiger partial charge in [0.25, 0.3) is 0 Å². The summed E-state index contributed by atoms with van der Waals surface area (Å²) in [6.07, 6.45) is 8.89. The molecule has 0 radical (unpaired) electrons. The van der Waals surface area contributed by atoms with Crippen molar-refractivity contribution in [2.75, 3.05) is 38.0 Å². The number of carbonyl (C=O) groups excluding carboxylic acids is 1. The summed E-state index contributed by atoms with van der Waals surface area (Å²) < 4.78 is 0. The molecule has 5 aliphatic rings. The Hall–Kier alpha value is -1.39. The van der Waals surface area contributed by atoms with Crippen molar-refractivity contribution in [1.29, 1.82) is 0 Å². The molecule has 0 unspecified atom stereocenters. The lowest BCUT2D eigenvalue weighted by Gasteiger charge is -2.61. The second-order valence-electron chi connectivity index (χ2n) is 9.82. The summed E-state index contributed by atoms with van der Waals surface area (Å²) in [7, 11) is 0. The number of rotatable bonds is 4. The summed E-state index contributed by atoms with van der Waals surface area (Å²) in [5.41, 5.74) is 2.61. The van der Waals surface area contributed by atoms with Gasteiger partial charge >= 0.3 is 0 Å². The Kier molecular flexibility index (Phi) is 4.52. The van der Waals surface area contributed by atoms with Gasteiger partial charge in [-0.25, -0.2) is 0 Å². The molecule has 1 saturated heterocycles. The molecule has 146 valence electrons. The zero-order valence-electron chi connectivity index (χ0n) is 16.6. The molecule has 6 rings (SSSR count). The predicted molar refractivity (Wildman–Crippen MR) is 109 cm³/mol. The zero-order valence-corrected chi connectivity index (χ0v) is 16.6. The minimum Gasteiger partial charge on any atom is -0.325 e. The first-order valence-electron chi connectivity index (χ1n) is 10.9. The van der Waals surface area contributed by atoms with Gasteiger partial charge in [0.15, 0.2) is 0 Å². The van der Waals surface area contributed by atoms with Crippen LogP contribution in [0.1, 0.15) is 44.1 Å². The normalized spacial score (nSPS) is 36.1. The van der Waals surface area contributed by atoms with E-state index in [2.05, 4.69) is 28.1 Å². The number of amides is 1. The molecule has 4 nitrogen and oxygen atoms in total. The Labute approximate surface area is 163 Å². The lowest BCUT2D eigenvalue weighted by molar-refractivity contribution is -0.120. The summed E-state index contributed by atoms with van der Waals surface area (Å²) in [6, 6.07) is 8.05. The Bertz CT molecular complexity index is 672. The summed E-state index contributed by atoms with van der Waals surface area (Å²) >= 11 is 0. The molecular weight excluding hydrogens is 334 g/mol. The Balaban J connectivity index is 1.15. The van der Waals surface area contributed by atoms with Crippen LogP contribution in [0.3, 0.4) is 0 Å². The molecule has 1 aliphatic heterocycles. The van der Waals surface area contributed by atoms with Crippen LogP contribution in [0.2, 0.25) is 0 Å². The van der Waals surface area contributed by atoms with Gasteiger partial charge in [-0.2, -0.15) is 0 Å². The molecule has 0 spiro atoms. The molecule has 4 bridgehead atoms. The summed E-state index contributed by atoms with van der Waals surface area (Å²) in [6.45, 7) is 6.92. The van der Waals surface area contributed by atoms with E-state index in [1.807, 2.05) is 18.2 Å². The van der Waals surface area contributed by atoms with Crippen LogP contribution in [0.4, 0.5) is 5.69 Å². The van der Waals surface area contributed by atoms with E-state index in [1.54, 1.807) is 0 Å². The van der Waals surface area contributed by atoms with Crippen LogP contribution >= 0.6 is 0 Å². The highest BCUT2D eigenvalue weighted by Gasteiger charge is 2.53. The van der Waals surface area contributed by atoms with E-state index in [0.717, 1.165) is 49.6 Å². The largest absolute Gasteiger partial charge is 0.325 e. The van der Waals surface area contributed by atoms with E-state index in [0.29, 0.717) is 12.1 Å². The maximum absolute atomic E-state index is 12.4. The van der Waals surface area contributed by atoms with Crippen LogP contribution in [0.5, 0.6) is 0 Å². The molecule has 4 heteroatoms. The molecule has 0 atom stereocenters. The van der Waals surface area contributed by atoms with Crippen LogP contribution in [-0.4, -0.2) is 54.0 Å². The molecule has 4 saturated carbocycles. The Morgan fingerprint density at radius 2 is 1.67 bits per heavy atom. The smallest absolute Gasteiger partial charge is 0.238 e. The van der Waals surface area contributed by atoms with Crippen LogP contribution in [0, 0.1) is 24.7 Å². The fourth-order valence-electron chi connectivity index (χ4n) is 6.96. The monoisotopic (exact) mass is 367 g/mol. The number of anilines is 1. The number of hydrogen-bond acceptors (Lipinski definition) is 3. The first kappa shape index (κ1) is 17.7. The number of aryl methyl sites for hydroxylation is 1. The predicted octanol–water partition coefficient (Wildman–Crippen LogP) is 3.52. The molecule has 1 N–H and O–H groups in total. The number of carbonyl (C=O) groups is 1. The van der Waals surface area contributed by atoms with Crippen molar-refractivity contribution in [3.05, 3.63) is 29.8 Å². The highest BCUT2D eigenvalue weighted by atomic mass is 16.2. The van der Waals surface area contributed by atoms with Crippen molar-refractivity contribution in [3.8, 4) is 0 Å². The molecule has 4 aliphatic carbocycles. The first-order valence-corrected chi connectivity index (χ1v) is 10.9. The second kappa shape index (κ2) is 6.89. The van der Waals surface area contributed by atoms with Crippen LogP contribution in [0.15, 0.2) is 24.3 Å². The lowest BCUT2D eigenvalue weighted by Crippen LogP contribution is -2.64. The van der Waals surface area contributed by atoms with Crippen molar-refractivity contribution < 1.29 is 4.79 Å². The van der Waals surface area contributed by atoms with Gasteiger partial charge in [0, 0.05) is 37.4 Å². The molecule has 1 aromatic rings. The van der Waals surface area contributed by atoms with Crippen LogP contribution in [-0.2, 0) is 4.79 Å². The highest BCUT2D eigenvalue weighted by molar-refractivity contribution is 5.92. The van der Waals surface area contributed by atoms with E-state index in [9.17, 15) is 4.79 Å². The average molecular weight is 368 g/mol. The first-order chi connectivity index (χ1) is 13.1. The highest BCUT2D eigenvalue weighted by Crippen LogP contribution is 2.57. The lowest BCUT2D eigenvalue weighted by atomic mass is 9.52. The quantitative estimate of drug-likeness (QED) is 0.884. The standard InChI is InChI=1S/C23H33N3O/c1-17-3-2-4-21(9-17)24-22(27)16-25-5-7-26(8-6-25)23-13-18-10-19(14-23)12-20(11-18)15-23/h2-4,9,18-20H,5-8,10-16H2,1H3,(H,24,27). The van der Waals surface area contributed by atoms with Gasteiger partial charge < -0.3 is 5.32 Å². The van der Waals surface area contributed by atoms with Crippen molar-refractivity contribution >= 4 is 11.6 Å². The number of hydrogen-bond donors (Lipinski definition) is 1. The van der Waals surface area contributed by atoms with Crippen molar-refractivity contribution in [3.63, 3.8) is 0 Å². The van der Waals surface area contributed by atoms with Crippen molar-refractivity contribution in [2.24, 2.45) is 17.8 Å². The Morgan fingerprint density at radius 1 is 1.04 bits per heavy atom. The number of nitrogens with one attached hydrogen (secondary N) is 1.